The van der Waals surface area contributed by atoms with E-state index in [0.29, 0.717) is 0 Å². The van der Waals surface area contributed by atoms with E-state index in [1.807, 2.05) is 35.6 Å². The number of piperidine rings is 1. The topological polar surface area (TPSA) is 51.0 Å². The van der Waals surface area contributed by atoms with Gasteiger partial charge in [0.2, 0.25) is 5.91 Å². The van der Waals surface area contributed by atoms with Crippen molar-refractivity contribution in [1.82, 2.24) is 19.7 Å². The fraction of sp³-hybridized carbons (Fsp3) is 0.526. The number of aryl methyl sites for hydroxylation is 1. The number of carbonyl (C=O) groups is 1. The van der Waals surface area contributed by atoms with Crippen molar-refractivity contribution in [3.8, 4) is 11.4 Å². The lowest BCUT2D eigenvalue weighted by Crippen LogP contribution is -2.41. The van der Waals surface area contributed by atoms with Crippen LogP contribution in [-0.2, 0) is 11.8 Å². The van der Waals surface area contributed by atoms with Gasteiger partial charge in [0.15, 0.2) is 11.0 Å². The molecule has 1 aromatic carbocycles. The van der Waals surface area contributed by atoms with E-state index in [1.54, 1.807) is 0 Å². The minimum Gasteiger partial charge on any atom is -0.342 e. The maximum atomic E-state index is 12.7. The van der Waals surface area contributed by atoms with Crippen molar-refractivity contribution in [2.45, 2.75) is 44.0 Å². The summed E-state index contributed by atoms with van der Waals surface area (Å²) in [6.07, 6.45) is 2.20. The first-order valence-corrected chi connectivity index (χ1v) is 9.76. The minimum atomic E-state index is -0.152. The van der Waals surface area contributed by atoms with Crippen LogP contribution >= 0.6 is 11.8 Å². The minimum absolute atomic E-state index is 0.152. The van der Waals surface area contributed by atoms with Crippen LogP contribution in [0, 0.1) is 12.8 Å². The Hall–Kier alpha value is -1.82. The van der Waals surface area contributed by atoms with Gasteiger partial charge in [-0.3, -0.25) is 4.79 Å². The molecule has 1 aliphatic rings. The van der Waals surface area contributed by atoms with Crippen LogP contribution in [0.4, 0.5) is 0 Å². The maximum Gasteiger partial charge on any atom is 0.235 e. The number of aromatic nitrogens is 3. The highest BCUT2D eigenvalue weighted by molar-refractivity contribution is 8.00. The normalized spacial score (nSPS) is 16.9. The number of amides is 1. The molecular weight excluding hydrogens is 332 g/mol. The average Bonchev–Trinajstić information content (AvgIpc) is 2.96. The number of nitrogens with zero attached hydrogens (tertiary/aromatic N) is 4. The molecule has 0 N–H and O–H groups in total. The maximum absolute atomic E-state index is 12.7. The second-order valence-electron chi connectivity index (χ2n) is 6.95. The van der Waals surface area contributed by atoms with Crippen LogP contribution in [0.3, 0.4) is 0 Å². The van der Waals surface area contributed by atoms with Crippen LogP contribution < -0.4 is 0 Å². The van der Waals surface area contributed by atoms with Crippen molar-refractivity contribution in [3.05, 3.63) is 29.8 Å². The second-order valence-corrected chi connectivity index (χ2v) is 8.26. The monoisotopic (exact) mass is 358 g/mol. The Labute approximate surface area is 153 Å². The van der Waals surface area contributed by atoms with E-state index in [0.717, 1.165) is 48.4 Å². The molecule has 25 heavy (non-hydrogen) atoms. The van der Waals surface area contributed by atoms with Crippen molar-refractivity contribution in [1.29, 1.82) is 0 Å². The number of carbonyl (C=O) groups excluding carboxylic acids is 1. The lowest BCUT2D eigenvalue weighted by atomic mass is 9.99. The molecule has 0 aliphatic carbocycles. The van der Waals surface area contributed by atoms with Gasteiger partial charge in [-0.05, 0) is 38.2 Å². The van der Waals surface area contributed by atoms with Gasteiger partial charge < -0.3 is 9.47 Å². The quantitative estimate of drug-likeness (QED) is 0.785. The summed E-state index contributed by atoms with van der Waals surface area (Å²) < 4.78 is 1.98. The molecule has 0 saturated carbocycles. The summed E-state index contributed by atoms with van der Waals surface area (Å²) in [5, 5.41) is 9.30. The summed E-state index contributed by atoms with van der Waals surface area (Å²) in [4.78, 5) is 14.7. The average molecular weight is 359 g/mol. The van der Waals surface area contributed by atoms with Gasteiger partial charge in [0.25, 0.3) is 0 Å². The molecular formula is C19H26N4OS. The summed E-state index contributed by atoms with van der Waals surface area (Å²) >= 11 is 1.49. The molecule has 2 aromatic rings. The zero-order chi connectivity index (χ0) is 18.0. The van der Waals surface area contributed by atoms with Crippen molar-refractivity contribution >= 4 is 17.7 Å². The van der Waals surface area contributed by atoms with Crippen LogP contribution in [0.25, 0.3) is 11.4 Å². The Bertz CT molecular complexity index is 750. The van der Waals surface area contributed by atoms with Gasteiger partial charge >= 0.3 is 0 Å². The van der Waals surface area contributed by atoms with E-state index >= 15 is 0 Å². The van der Waals surface area contributed by atoms with Gasteiger partial charge in [0.1, 0.15) is 0 Å². The number of hydrogen-bond acceptors (Lipinski definition) is 4. The van der Waals surface area contributed by atoms with Crippen LogP contribution in [0.1, 0.15) is 32.3 Å². The van der Waals surface area contributed by atoms with E-state index < -0.39 is 0 Å². The first kappa shape index (κ1) is 18.0. The fourth-order valence-corrected chi connectivity index (χ4v) is 4.07. The Morgan fingerprint density at radius 2 is 1.92 bits per heavy atom. The molecule has 1 saturated heterocycles. The van der Waals surface area contributed by atoms with Gasteiger partial charge in [-0.15, -0.1) is 10.2 Å². The number of benzene rings is 1. The predicted octanol–water partition coefficient (Wildman–Crippen LogP) is 3.53. The number of thioether (sulfide) groups is 1. The summed E-state index contributed by atoms with van der Waals surface area (Å²) in [6, 6.07) is 8.15. The third-order valence-electron chi connectivity index (χ3n) is 4.95. The van der Waals surface area contributed by atoms with Crippen LogP contribution in [0.15, 0.2) is 29.4 Å². The van der Waals surface area contributed by atoms with Crippen LogP contribution in [-0.4, -0.2) is 43.9 Å². The SMILES string of the molecule is Cc1ccccc1-c1nnc(S[C@@H](C)C(=O)N2CCC(C)CC2)n1C. The molecule has 1 amide bonds. The van der Waals surface area contributed by atoms with E-state index in [1.165, 1.54) is 17.3 Å². The highest BCUT2D eigenvalue weighted by Crippen LogP contribution is 2.28. The zero-order valence-corrected chi connectivity index (χ0v) is 16.2. The summed E-state index contributed by atoms with van der Waals surface area (Å²) in [5.74, 6) is 1.77. The van der Waals surface area contributed by atoms with Gasteiger partial charge in [-0.25, -0.2) is 0 Å². The van der Waals surface area contributed by atoms with Crippen molar-refractivity contribution in [2.75, 3.05) is 13.1 Å². The highest BCUT2D eigenvalue weighted by atomic mass is 32.2. The second kappa shape index (κ2) is 7.60. The molecule has 0 unspecified atom stereocenters. The molecule has 0 bridgehead atoms. The molecule has 0 spiro atoms. The fourth-order valence-electron chi connectivity index (χ4n) is 3.17. The van der Waals surface area contributed by atoms with Crippen LogP contribution in [0.5, 0.6) is 0 Å². The molecule has 1 aliphatic heterocycles. The Morgan fingerprint density at radius 1 is 1.24 bits per heavy atom. The van der Waals surface area contributed by atoms with E-state index in [9.17, 15) is 4.79 Å². The molecule has 6 heteroatoms. The van der Waals surface area contributed by atoms with Gasteiger partial charge in [0.05, 0.1) is 5.25 Å². The first-order valence-electron chi connectivity index (χ1n) is 8.88. The number of hydrogen-bond donors (Lipinski definition) is 0. The summed E-state index contributed by atoms with van der Waals surface area (Å²) in [6.45, 7) is 8.04. The Kier molecular flexibility index (Phi) is 5.47. The molecule has 1 aromatic heterocycles. The first-order chi connectivity index (χ1) is 12.0. The standard InChI is InChI=1S/C19H26N4OS/c1-13-9-11-23(12-10-13)18(24)15(3)25-19-21-20-17(22(19)4)16-8-6-5-7-14(16)2/h5-8,13,15H,9-12H2,1-4H3/t15-/m0/s1. The molecule has 5 nitrogen and oxygen atoms in total. The van der Waals surface area contributed by atoms with Gasteiger partial charge in [-0.2, -0.15) is 0 Å². The van der Waals surface area contributed by atoms with E-state index in [2.05, 4.69) is 36.2 Å². The van der Waals surface area contributed by atoms with E-state index in [-0.39, 0.29) is 11.2 Å². The molecule has 134 valence electrons. The zero-order valence-electron chi connectivity index (χ0n) is 15.4. The van der Waals surface area contributed by atoms with Gasteiger partial charge in [-0.1, -0.05) is 43.0 Å². The van der Waals surface area contributed by atoms with Crippen LogP contribution in [0.2, 0.25) is 0 Å². The molecule has 0 radical (unpaired) electrons. The molecule has 3 rings (SSSR count). The third-order valence-corrected chi connectivity index (χ3v) is 6.07. The largest absolute Gasteiger partial charge is 0.342 e. The lowest BCUT2D eigenvalue weighted by Gasteiger charge is -2.31. The number of rotatable bonds is 4. The Balaban J connectivity index is 1.71. The predicted molar refractivity (Wildman–Crippen MR) is 101 cm³/mol. The Morgan fingerprint density at radius 3 is 2.60 bits per heavy atom. The molecule has 2 heterocycles. The summed E-state index contributed by atoms with van der Waals surface area (Å²) in [5.41, 5.74) is 2.24. The van der Waals surface area contributed by atoms with Crippen molar-refractivity contribution < 1.29 is 4.79 Å². The lowest BCUT2D eigenvalue weighted by molar-refractivity contribution is -0.131. The smallest absolute Gasteiger partial charge is 0.235 e. The third kappa shape index (κ3) is 3.89. The molecule has 1 fully saturated rings. The highest BCUT2D eigenvalue weighted by Gasteiger charge is 2.26. The van der Waals surface area contributed by atoms with Crippen molar-refractivity contribution in [2.24, 2.45) is 13.0 Å². The summed E-state index contributed by atoms with van der Waals surface area (Å²) in [7, 11) is 1.96. The van der Waals surface area contributed by atoms with Crippen molar-refractivity contribution in [3.63, 3.8) is 0 Å². The van der Waals surface area contributed by atoms with Gasteiger partial charge in [0, 0.05) is 25.7 Å². The number of likely N-dealkylation sites (tertiary alicyclic amines) is 1. The van der Waals surface area contributed by atoms with E-state index in [4.69, 9.17) is 0 Å². The molecule has 1 atom stereocenters.